The number of ketones is 1. The molecule has 1 unspecified atom stereocenters. The van der Waals surface area contributed by atoms with Crippen molar-refractivity contribution in [2.75, 3.05) is 11.5 Å². The van der Waals surface area contributed by atoms with Crippen molar-refractivity contribution in [2.24, 2.45) is 0 Å². The zero-order valence-corrected chi connectivity index (χ0v) is 23.7. The van der Waals surface area contributed by atoms with Crippen LogP contribution >= 0.6 is 11.3 Å². The normalized spacial score (nSPS) is 15.5. The van der Waals surface area contributed by atoms with Gasteiger partial charge in [-0.05, 0) is 66.8 Å². The number of aliphatic hydroxyl groups is 1. The maximum atomic E-state index is 13.6. The Hall–Kier alpha value is -4.23. The Morgan fingerprint density at radius 3 is 2.65 bits per heavy atom. The molecule has 0 saturated carbocycles. The van der Waals surface area contributed by atoms with Gasteiger partial charge in [-0.15, -0.1) is 0 Å². The van der Waals surface area contributed by atoms with E-state index >= 15 is 0 Å². The maximum absolute atomic E-state index is 13.6. The fraction of sp³-hybridized carbons (Fsp3) is 0.242. The lowest BCUT2D eigenvalue weighted by Gasteiger charge is -2.24. The van der Waals surface area contributed by atoms with Crippen LogP contribution in [0.15, 0.2) is 84.1 Å². The molecule has 1 aromatic heterocycles. The molecule has 1 N–H and O–H groups in total. The summed E-state index contributed by atoms with van der Waals surface area (Å²) in [6.45, 7) is 6.72. The van der Waals surface area contributed by atoms with Crippen LogP contribution in [-0.4, -0.2) is 28.4 Å². The van der Waals surface area contributed by atoms with E-state index in [-0.39, 0.29) is 5.57 Å². The topological polar surface area (TPSA) is 79.7 Å². The fourth-order valence-electron chi connectivity index (χ4n) is 4.97. The van der Waals surface area contributed by atoms with Crippen LogP contribution in [0.4, 0.5) is 5.13 Å². The highest BCUT2D eigenvalue weighted by atomic mass is 32.1. The summed E-state index contributed by atoms with van der Waals surface area (Å²) in [5, 5.41) is 11.5. The third kappa shape index (κ3) is 5.56. The number of anilines is 1. The second-order valence-electron chi connectivity index (χ2n) is 10.0. The Morgan fingerprint density at radius 2 is 1.88 bits per heavy atom. The first-order chi connectivity index (χ1) is 19.4. The fourth-order valence-corrected chi connectivity index (χ4v) is 6.14. The highest BCUT2D eigenvalue weighted by Crippen LogP contribution is 2.44. The van der Waals surface area contributed by atoms with Crippen molar-refractivity contribution in [3.8, 4) is 5.75 Å². The third-order valence-corrected chi connectivity index (χ3v) is 7.92. The van der Waals surface area contributed by atoms with E-state index in [9.17, 15) is 14.7 Å². The Labute approximate surface area is 238 Å². The zero-order chi connectivity index (χ0) is 28.2. The first-order valence-electron chi connectivity index (χ1n) is 13.5. The standard InChI is InChI=1S/C33H32N2O4S/c1-4-5-9-17-39-25-14-10-13-24(20-25)30-28(26(36)16-15-23-11-7-6-8-12-23)31(37)32(38)35(30)33-34-29-22(3)18-21(2)19-27(29)40-33/h6-8,10-16,18-20,30,37H,4-5,9,17H2,1-3H3/b16-15+. The van der Waals surface area contributed by atoms with Crippen LogP contribution in [0, 0.1) is 13.8 Å². The lowest BCUT2D eigenvalue weighted by molar-refractivity contribution is -0.117. The summed E-state index contributed by atoms with van der Waals surface area (Å²) in [5.41, 5.74) is 4.42. The van der Waals surface area contributed by atoms with E-state index < -0.39 is 23.5 Å². The summed E-state index contributed by atoms with van der Waals surface area (Å²) < 4.78 is 6.93. The summed E-state index contributed by atoms with van der Waals surface area (Å²) in [7, 11) is 0. The van der Waals surface area contributed by atoms with Crippen LogP contribution in [-0.2, 0) is 9.59 Å². The number of carbonyl (C=O) groups excluding carboxylic acids is 2. The molecular formula is C33H32N2O4S. The summed E-state index contributed by atoms with van der Waals surface area (Å²) >= 11 is 1.37. The van der Waals surface area contributed by atoms with Crippen molar-refractivity contribution in [3.05, 3.63) is 106 Å². The molecular weight excluding hydrogens is 520 g/mol. The first-order valence-corrected chi connectivity index (χ1v) is 14.3. The molecule has 6 nitrogen and oxygen atoms in total. The number of fused-ring (bicyclic) bond motifs is 1. The van der Waals surface area contributed by atoms with Crippen LogP contribution < -0.4 is 9.64 Å². The van der Waals surface area contributed by atoms with Gasteiger partial charge in [-0.2, -0.15) is 0 Å². The summed E-state index contributed by atoms with van der Waals surface area (Å²) in [4.78, 5) is 33.5. The molecule has 40 heavy (non-hydrogen) atoms. The van der Waals surface area contributed by atoms with Crippen molar-refractivity contribution in [1.29, 1.82) is 0 Å². The predicted molar refractivity (Wildman–Crippen MR) is 161 cm³/mol. The molecule has 1 aliphatic heterocycles. The molecule has 7 heteroatoms. The SMILES string of the molecule is CCCCCOc1cccc(C2C(C(=O)/C=C/c3ccccc3)=C(O)C(=O)N2c2nc3c(C)cc(C)cc3s2)c1. The molecule has 1 atom stereocenters. The lowest BCUT2D eigenvalue weighted by atomic mass is 9.95. The molecule has 0 bridgehead atoms. The highest BCUT2D eigenvalue weighted by Gasteiger charge is 2.45. The van der Waals surface area contributed by atoms with Gasteiger partial charge in [0.25, 0.3) is 5.91 Å². The number of amides is 1. The number of aromatic nitrogens is 1. The molecule has 1 aliphatic rings. The van der Waals surface area contributed by atoms with Gasteiger partial charge in [-0.3, -0.25) is 14.5 Å². The number of rotatable bonds is 10. The third-order valence-electron chi connectivity index (χ3n) is 6.92. The van der Waals surface area contributed by atoms with E-state index in [4.69, 9.17) is 9.72 Å². The van der Waals surface area contributed by atoms with Crippen LogP contribution in [0.1, 0.15) is 54.5 Å². The van der Waals surface area contributed by atoms with Crippen LogP contribution in [0.5, 0.6) is 5.75 Å². The van der Waals surface area contributed by atoms with E-state index in [1.807, 2.05) is 80.6 Å². The van der Waals surface area contributed by atoms with Gasteiger partial charge in [0, 0.05) is 0 Å². The number of unbranched alkanes of at least 4 members (excludes halogenated alkanes) is 2. The van der Waals surface area contributed by atoms with Gasteiger partial charge >= 0.3 is 0 Å². The number of hydrogen-bond acceptors (Lipinski definition) is 6. The number of allylic oxidation sites excluding steroid dienone is 1. The molecule has 0 radical (unpaired) electrons. The van der Waals surface area contributed by atoms with Gasteiger partial charge in [0.1, 0.15) is 5.75 Å². The second-order valence-corrected chi connectivity index (χ2v) is 11.0. The van der Waals surface area contributed by atoms with Gasteiger partial charge < -0.3 is 9.84 Å². The van der Waals surface area contributed by atoms with Gasteiger partial charge in [0.05, 0.1) is 28.4 Å². The summed E-state index contributed by atoms with van der Waals surface area (Å²) in [6, 6.07) is 20.0. The lowest BCUT2D eigenvalue weighted by Crippen LogP contribution is -2.30. The number of aryl methyl sites for hydroxylation is 2. The van der Waals surface area contributed by atoms with Crippen molar-refractivity contribution < 1.29 is 19.4 Å². The second kappa shape index (κ2) is 11.9. The summed E-state index contributed by atoms with van der Waals surface area (Å²) in [5.74, 6) is -1.00. The minimum atomic E-state index is -0.860. The van der Waals surface area contributed by atoms with E-state index in [2.05, 4.69) is 6.92 Å². The first kappa shape index (κ1) is 27.3. The number of nitrogens with zero attached hydrogens (tertiary/aromatic N) is 2. The van der Waals surface area contributed by atoms with Crippen molar-refractivity contribution >= 4 is 44.5 Å². The number of carbonyl (C=O) groups is 2. The maximum Gasteiger partial charge on any atom is 0.296 e. The number of thiazole rings is 1. The average Bonchev–Trinajstić information content (AvgIpc) is 3.49. The smallest absolute Gasteiger partial charge is 0.296 e. The molecule has 204 valence electrons. The molecule has 5 rings (SSSR count). The number of ether oxygens (including phenoxy) is 1. The number of benzene rings is 3. The Bertz CT molecular complexity index is 1620. The van der Waals surface area contributed by atoms with E-state index in [0.29, 0.717) is 23.1 Å². The van der Waals surface area contributed by atoms with E-state index in [1.165, 1.54) is 22.3 Å². The highest BCUT2D eigenvalue weighted by molar-refractivity contribution is 7.22. The van der Waals surface area contributed by atoms with Crippen LogP contribution in [0.2, 0.25) is 0 Å². The number of hydrogen-bond donors (Lipinski definition) is 1. The number of aliphatic hydroxyl groups excluding tert-OH is 1. The van der Waals surface area contributed by atoms with E-state index in [0.717, 1.165) is 46.2 Å². The van der Waals surface area contributed by atoms with Crippen LogP contribution in [0.25, 0.3) is 16.3 Å². The molecule has 2 heterocycles. The van der Waals surface area contributed by atoms with Gasteiger partial charge in [0.15, 0.2) is 16.7 Å². The molecule has 0 aliphatic carbocycles. The van der Waals surface area contributed by atoms with Gasteiger partial charge in [0.2, 0.25) is 0 Å². The molecule has 0 saturated heterocycles. The minimum absolute atomic E-state index is 0.0208. The van der Waals surface area contributed by atoms with E-state index in [1.54, 1.807) is 6.08 Å². The predicted octanol–water partition coefficient (Wildman–Crippen LogP) is 7.66. The largest absolute Gasteiger partial charge is 0.503 e. The Morgan fingerprint density at radius 1 is 1.07 bits per heavy atom. The van der Waals surface area contributed by atoms with Crippen LogP contribution in [0.3, 0.4) is 0 Å². The summed E-state index contributed by atoms with van der Waals surface area (Å²) in [6.07, 6.45) is 6.19. The zero-order valence-electron chi connectivity index (χ0n) is 22.9. The Kier molecular flexibility index (Phi) is 8.12. The van der Waals surface area contributed by atoms with Crippen molar-refractivity contribution in [1.82, 2.24) is 4.98 Å². The molecule has 4 aromatic rings. The molecule has 0 fully saturated rings. The molecule has 1 amide bonds. The Balaban J connectivity index is 1.57. The van der Waals surface area contributed by atoms with Gasteiger partial charge in [-0.1, -0.05) is 85.7 Å². The minimum Gasteiger partial charge on any atom is -0.503 e. The van der Waals surface area contributed by atoms with Crippen molar-refractivity contribution in [3.63, 3.8) is 0 Å². The quantitative estimate of drug-likeness (QED) is 0.161. The monoisotopic (exact) mass is 552 g/mol. The molecule has 3 aromatic carbocycles. The average molecular weight is 553 g/mol. The van der Waals surface area contributed by atoms with Crippen molar-refractivity contribution in [2.45, 2.75) is 46.1 Å². The van der Waals surface area contributed by atoms with Gasteiger partial charge in [-0.25, -0.2) is 4.98 Å². The molecule has 0 spiro atoms.